The molecule has 0 aliphatic carbocycles. The predicted molar refractivity (Wildman–Crippen MR) is 218 cm³/mol. The van der Waals surface area contributed by atoms with E-state index in [1.807, 2.05) is 0 Å². The van der Waals surface area contributed by atoms with Gasteiger partial charge in [0.2, 0.25) is 5.91 Å². The molecule has 0 bridgehead atoms. The van der Waals surface area contributed by atoms with E-state index in [1.165, 1.54) is 186 Å². The first-order valence-corrected chi connectivity index (χ1v) is 22.5. The quantitative estimate of drug-likeness (QED) is 0.0376. The van der Waals surface area contributed by atoms with E-state index in [-0.39, 0.29) is 18.9 Å². The van der Waals surface area contributed by atoms with Crippen LogP contribution in [0, 0.1) is 0 Å². The molecule has 0 aliphatic heterocycles. The van der Waals surface area contributed by atoms with Gasteiger partial charge in [0.1, 0.15) is 0 Å². The number of nitrogens with one attached hydrogen (secondary N) is 1. The Morgan fingerprint density at radius 2 is 0.800 bits per heavy atom. The van der Waals surface area contributed by atoms with Crippen LogP contribution >= 0.6 is 0 Å². The van der Waals surface area contributed by atoms with E-state index in [1.54, 1.807) is 0 Å². The summed E-state index contributed by atoms with van der Waals surface area (Å²) in [4.78, 5) is 12.4. The van der Waals surface area contributed by atoms with Crippen LogP contribution in [-0.2, 0) is 4.79 Å². The molecule has 50 heavy (non-hydrogen) atoms. The Morgan fingerprint density at radius 3 is 1.16 bits per heavy atom. The van der Waals surface area contributed by atoms with Gasteiger partial charge in [-0.1, -0.05) is 212 Å². The normalized spacial score (nSPS) is 13.6. The molecule has 0 saturated carbocycles. The van der Waals surface area contributed by atoms with Crippen molar-refractivity contribution in [1.29, 1.82) is 0 Å². The van der Waals surface area contributed by atoms with Crippen molar-refractivity contribution in [2.45, 2.75) is 263 Å². The zero-order valence-electron chi connectivity index (χ0n) is 33.8. The van der Waals surface area contributed by atoms with Crippen LogP contribution in [0.2, 0.25) is 0 Å². The lowest BCUT2D eigenvalue weighted by atomic mass is 10.0. The van der Waals surface area contributed by atoms with Crippen LogP contribution in [0.4, 0.5) is 0 Å². The molecular formula is C45H89NO4. The van der Waals surface area contributed by atoms with Crippen molar-refractivity contribution >= 4 is 5.91 Å². The molecule has 0 fully saturated rings. The van der Waals surface area contributed by atoms with Crippen LogP contribution in [0.25, 0.3) is 0 Å². The van der Waals surface area contributed by atoms with E-state index in [0.717, 1.165) is 25.7 Å². The number of amides is 1. The second kappa shape index (κ2) is 40.9. The van der Waals surface area contributed by atoms with Crippen molar-refractivity contribution in [1.82, 2.24) is 5.32 Å². The fourth-order valence-electron chi connectivity index (χ4n) is 7.11. The van der Waals surface area contributed by atoms with Crippen LogP contribution in [0.5, 0.6) is 0 Å². The Kier molecular flexibility index (Phi) is 40.1. The van der Waals surface area contributed by atoms with E-state index in [9.17, 15) is 20.1 Å². The molecular weight excluding hydrogens is 618 g/mol. The average Bonchev–Trinajstić information content (AvgIpc) is 3.11. The van der Waals surface area contributed by atoms with Gasteiger partial charge in [-0.05, 0) is 38.5 Å². The Balaban J connectivity index is 3.60. The number of unbranched alkanes of at least 4 members (excludes halogenated alkanes) is 30. The summed E-state index contributed by atoms with van der Waals surface area (Å²) in [5.74, 6) is -0.285. The number of hydrogen-bond donors (Lipinski definition) is 4. The van der Waals surface area contributed by atoms with Crippen LogP contribution < -0.4 is 5.32 Å². The molecule has 5 nitrogen and oxygen atoms in total. The van der Waals surface area contributed by atoms with Crippen molar-refractivity contribution in [3.05, 3.63) is 12.2 Å². The lowest BCUT2D eigenvalue weighted by Crippen LogP contribution is -2.46. The molecule has 3 unspecified atom stereocenters. The number of carbonyl (C=O) groups excluding carboxylic acids is 1. The molecule has 3 atom stereocenters. The number of allylic oxidation sites excluding steroid dienone is 2. The summed E-state index contributed by atoms with van der Waals surface area (Å²) in [5.41, 5.74) is 0. The van der Waals surface area contributed by atoms with Crippen molar-refractivity contribution in [2.75, 3.05) is 6.61 Å². The molecule has 0 aromatic rings. The maximum atomic E-state index is 12.4. The van der Waals surface area contributed by atoms with E-state index >= 15 is 0 Å². The fraction of sp³-hybridized carbons (Fsp3) is 0.933. The number of aliphatic hydroxyl groups is 3. The van der Waals surface area contributed by atoms with Crippen LogP contribution in [0.3, 0.4) is 0 Å². The Labute approximate surface area is 312 Å². The van der Waals surface area contributed by atoms with Gasteiger partial charge in [-0.3, -0.25) is 4.79 Å². The van der Waals surface area contributed by atoms with E-state index < -0.39 is 18.2 Å². The van der Waals surface area contributed by atoms with E-state index in [4.69, 9.17) is 0 Å². The van der Waals surface area contributed by atoms with Crippen molar-refractivity contribution in [3.8, 4) is 0 Å². The fourth-order valence-corrected chi connectivity index (χ4v) is 7.11. The number of hydrogen-bond acceptors (Lipinski definition) is 4. The highest BCUT2D eigenvalue weighted by Gasteiger charge is 2.21. The molecule has 0 spiro atoms. The first-order chi connectivity index (χ1) is 24.5. The first kappa shape index (κ1) is 49.1. The first-order valence-electron chi connectivity index (χ1n) is 22.5. The van der Waals surface area contributed by atoms with Crippen LogP contribution in [-0.4, -0.2) is 46.1 Å². The van der Waals surface area contributed by atoms with Crippen molar-refractivity contribution < 1.29 is 20.1 Å². The summed E-state index contributed by atoms with van der Waals surface area (Å²) in [6, 6.07) is -0.657. The Hall–Kier alpha value is -0.910. The minimum atomic E-state index is -0.748. The highest BCUT2D eigenvalue weighted by atomic mass is 16.3. The van der Waals surface area contributed by atoms with Gasteiger partial charge in [-0.2, -0.15) is 0 Å². The van der Waals surface area contributed by atoms with Crippen molar-refractivity contribution in [2.24, 2.45) is 0 Å². The van der Waals surface area contributed by atoms with Gasteiger partial charge >= 0.3 is 0 Å². The third kappa shape index (κ3) is 36.9. The minimum Gasteiger partial charge on any atom is -0.394 e. The van der Waals surface area contributed by atoms with E-state index in [0.29, 0.717) is 12.8 Å². The molecule has 0 aromatic heterocycles. The smallest absolute Gasteiger partial charge is 0.222 e. The number of carbonyl (C=O) groups is 1. The summed E-state index contributed by atoms with van der Waals surface area (Å²) in [7, 11) is 0. The summed E-state index contributed by atoms with van der Waals surface area (Å²) in [5, 5.41) is 33.4. The zero-order chi connectivity index (χ0) is 36.6. The third-order valence-corrected chi connectivity index (χ3v) is 10.6. The van der Waals surface area contributed by atoms with Gasteiger partial charge < -0.3 is 20.6 Å². The second-order valence-corrected chi connectivity index (χ2v) is 15.7. The molecule has 0 aliphatic rings. The van der Waals surface area contributed by atoms with E-state index in [2.05, 4.69) is 31.3 Å². The summed E-state index contributed by atoms with van der Waals surface area (Å²) >= 11 is 0. The molecule has 0 rings (SSSR count). The van der Waals surface area contributed by atoms with Gasteiger partial charge in [0, 0.05) is 0 Å². The summed E-state index contributed by atoms with van der Waals surface area (Å²) in [6.45, 7) is 4.27. The maximum Gasteiger partial charge on any atom is 0.222 e. The molecule has 0 aromatic carbocycles. The molecule has 5 heteroatoms. The van der Waals surface area contributed by atoms with Crippen LogP contribution in [0.1, 0.15) is 245 Å². The zero-order valence-corrected chi connectivity index (χ0v) is 33.8. The lowest BCUT2D eigenvalue weighted by Gasteiger charge is -2.23. The van der Waals surface area contributed by atoms with Gasteiger partial charge in [0.25, 0.3) is 0 Å². The van der Waals surface area contributed by atoms with Gasteiger partial charge in [0.05, 0.1) is 31.3 Å². The molecule has 0 heterocycles. The molecule has 1 amide bonds. The largest absolute Gasteiger partial charge is 0.394 e. The monoisotopic (exact) mass is 708 g/mol. The Morgan fingerprint density at radius 1 is 0.480 bits per heavy atom. The highest BCUT2D eigenvalue weighted by molar-refractivity contribution is 5.76. The maximum absolute atomic E-state index is 12.4. The topological polar surface area (TPSA) is 89.8 Å². The molecule has 0 saturated heterocycles. The summed E-state index contributed by atoms with van der Waals surface area (Å²) in [6.07, 6.45) is 47.5. The number of aliphatic hydroxyl groups excluding tert-OH is 3. The average molecular weight is 708 g/mol. The summed E-state index contributed by atoms with van der Waals surface area (Å²) < 4.78 is 0. The van der Waals surface area contributed by atoms with Crippen LogP contribution in [0.15, 0.2) is 12.2 Å². The molecule has 0 radical (unpaired) electrons. The van der Waals surface area contributed by atoms with Gasteiger partial charge in [-0.15, -0.1) is 0 Å². The minimum absolute atomic E-state index is 0.0338. The third-order valence-electron chi connectivity index (χ3n) is 10.6. The van der Waals surface area contributed by atoms with Gasteiger partial charge in [-0.25, -0.2) is 0 Å². The highest BCUT2D eigenvalue weighted by Crippen LogP contribution is 2.16. The van der Waals surface area contributed by atoms with Gasteiger partial charge in [0.15, 0.2) is 0 Å². The lowest BCUT2D eigenvalue weighted by molar-refractivity contribution is -0.125. The number of rotatable bonds is 41. The van der Waals surface area contributed by atoms with Crippen molar-refractivity contribution in [3.63, 3.8) is 0 Å². The standard InChI is InChI=1S/C45H89NO4/c1-3-5-7-9-11-13-15-17-19-20-21-22-23-24-25-26-28-30-32-34-36-38-42(48)40-45(50)46-43(41-47)44(49)39-37-35-33-31-29-27-18-16-14-12-10-8-6-4-2/h24-25,42-44,47-49H,3-23,26-41H2,1-2H3,(H,46,50)/b25-24-. The predicted octanol–water partition coefficient (Wildman–Crippen LogP) is 12.8. The second-order valence-electron chi connectivity index (χ2n) is 15.7. The molecule has 298 valence electrons. The molecule has 4 N–H and O–H groups in total. The SMILES string of the molecule is CCCCCCCCCCCCCC/C=C\CCCCCCCC(O)CC(=O)NC(CO)C(O)CCCCCCCCCCCCCCCC. The Bertz CT molecular complexity index is 699.